The summed E-state index contributed by atoms with van der Waals surface area (Å²) in [6.45, 7) is 19.1. The molecule has 0 heterocycles. The molecule has 0 spiro atoms. The lowest BCUT2D eigenvalue weighted by Gasteiger charge is -2.46. The molecule has 19 heavy (non-hydrogen) atoms. The summed E-state index contributed by atoms with van der Waals surface area (Å²) in [5.74, 6) is 0. The number of rotatable bonds is 8. The van der Waals surface area contributed by atoms with E-state index in [9.17, 15) is 0 Å². The SMILES string of the molecule is CCC(C)(C)CC(C)(COCCN(C)C)C(C)(C)C. The van der Waals surface area contributed by atoms with E-state index >= 15 is 0 Å². The second kappa shape index (κ2) is 7.08. The summed E-state index contributed by atoms with van der Waals surface area (Å²) in [5, 5.41) is 0. The van der Waals surface area contributed by atoms with Crippen molar-refractivity contribution in [2.75, 3.05) is 33.9 Å². The Morgan fingerprint density at radius 3 is 1.84 bits per heavy atom. The first kappa shape index (κ1) is 18.9. The lowest BCUT2D eigenvalue weighted by molar-refractivity contribution is -0.0436. The van der Waals surface area contributed by atoms with Crippen LogP contribution in [0.4, 0.5) is 0 Å². The van der Waals surface area contributed by atoms with Crippen LogP contribution in [-0.4, -0.2) is 38.8 Å². The summed E-state index contributed by atoms with van der Waals surface area (Å²) in [4.78, 5) is 2.17. The predicted octanol–water partition coefficient (Wildman–Crippen LogP) is 4.44. The monoisotopic (exact) mass is 271 g/mol. The lowest BCUT2D eigenvalue weighted by atomic mass is 9.61. The van der Waals surface area contributed by atoms with Crippen LogP contribution in [0.5, 0.6) is 0 Å². The van der Waals surface area contributed by atoms with Crippen LogP contribution in [0, 0.1) is 16.2 Å². The maximum Gasteiger partial charge on any atom is 0.0593 e. The van der Waals surface area contributed by atoms with Gasteiger partial charge in [-0.15, -0.1) is 0 Å². The van der Waals surface area contributed by atoms with E-state index in [0.29, 0.717) is 5.41 Å². The Morgan fingerprint density at radius 2 is 1.47 bits per heavy atom. The van der Waals surface area contributed by atoms with Gasteiger partial charge in [0.2, 0.25) is 0 Å². The average molecular weight is 271 g/mol. The molecular weight excluding hydrogens is 234 g/mol. The summed E-state index contributed by atoms with van der Waals surface area (Å²) in [6, 6.07) is 0. The Morgan fingerprint density at radius 1 is 0.947 bits per heavy atom. The van der Waals surface area contributed by atoms with Crippen LogP contribution >= 0.6 is 0 Å². The first-order valence-corrected chi connectivity index (χ1v) is 7.66. The fourth-order valence-electron chi connectivity index (χ4n) is 2.26. The Hall–Kier alpha value is -0.0800. The molecule has 0 N–H and O–H groups in total. The minimum atomic E-state index is 0.221. The third kappa shape index (κ3) is 6.76. The fraction of sp³-hybridized carbons (Fsp3) is 1.00. The number of likely N-dealkylation sites (N-methyl/N-ethyl adjacent to an activating group) is 1. The topological polar surface area (TPSA) is 12.5 Å². The largest absolute Gasteiger partial charge is 0.380 e. The van der Waals surface area contributed by atoms with Crippen molar-refractivity contribution in [2.45, 2.75) is 61.3 Å². The van der Waals surface area contributed by atoms with Crippen LogP contribution < -0.4 is 0 Å². The third-order valence-corrected chi connectivity index (χ3v) is 4.74. The fourth-order valence-corrected chi connectivity index (χ4v) is 2.26. The highest BCUT2D eigenvalue weighted by atomic mass is 16.5. The Labute approximate surface area is 121 Å². The highest BCUT2D eigenvalue weighted by Gasteiger charge is 2.41. The molecule has 0 aromatic rings. The summed E-state index contributed by atoms with van der Waals surface area (Å²) in [5.41, 5.74) is 0.864. The van der Waals surface area contributed by atoms with E-state index in [4.69, 9.17) is 4.74 Å². The van der Waals surface area contributed by atoms with Crippen LogP contribution in [0.25, 0.3) is 0 Å². The smallest absolute Gasteiger partial charge is 0.0593 e. The second-order valence-corrected chi connectivity index (χ2v) is 8.36. The number of ether oxygens (including phenoxy) is 1. The number of hydrogen-bond donors (Lipinski definition) is 0. The second-order valence-electron chi connectivity index (χ2n) is 8.36. The van der Waals surface area contributed by atoms with Gasteiger partial charge < -0.3 is 9.64 Å². The van der Waals surface area contributed by atoms with Gasteiger partial charge in [-0.2, -0.15) is 0 Å². The number of nitrogens with zero attached hydrogens (tertiary/aromatic N) is 1. The zero-order chi connectivity index (χ0) is 15.3. The van der Waals surface area contributed by atoms with Crippen LogP contribution in [0.1, 0.15) is 61.3 Å². The summed E-state index contributed by atoms with van der Waals surface area (Å²) in [7, 11) is 4.18. The standard InChI is InChI=1S/C17H37NO/c1-10-16(5,6)13-17(7,15(2,3)4)14-19-12-11-18(8)9/h10-14H2,1-9H3. The first-order chi connectivity index (χ1) is 8.43. The van der Waals surface area contributed by atoms with E-state index in [2.05, 4.69) is 67.5 Å². The molecule has 0 aliphatic rings. The van der Waals surface area contributed by atoms with E-state index in [1.807, 2.05) is 0 Å². The maximum atomic E-state index is 5.98. The van der Waals surface area contributed by atoms with Gasteiger partial charge >= 0.3 is 0 Å². The van der Waals surface area contributed by atoms with Crippen molar-refractivity contribution in [3.8, 4) is 0 Å². The minimum Gasteiger partial charge on any atom is -0.380 e. The Kier molecular flexibility index (Phi) is 7.05. The van der Waals surface area contributed by atoms with E-state index in [1.54, 1.807) is 0 Å². The molecule has 0 radical (unpaired) electrons. The average Bonchev–Trinajstić information content (AvgIpc) is 2.22. The van der Waals surface area contributed by atoms with Gasteiger partial charge in [-0.1, -0.05) is 54.9 Å². The zero-order valence-electron chi connectivity index (χ0n) is 14.9. The Bertz CT molecular complexity index is 252. The molecule has 2 nitrogen and oxygen atoms in total. The maximum absolute atomic E-state index is 5.98. The van der Waals surface area contributed by atoms with Crippen LogP contribution in [-0.2, 0) is 4.74 Å². The van der Waals surface area contributed by atoms with Crippen molar-refractivity contribution < 1.29 is 4.74 Å². The van der Waals surface area contributed by atoms with Crippen LogP contribution in [0.2, 0.25) is 0 Å². The first-order valence-electron chi connectivity index (χ1n) is 7.66. The molecule has 0 aliphatic carbocycles. The van der Waals surface area contributed by atoms with E-state index in [-0.39, 0.29) is 10.8 Å². The molecule has 0 fully saturated rings. The summed E-state index contributed by atoms with van der Waals surface area (Å²) >= 11 is 0. The van der Waals surface area contributed by atoms with Crippen molar-refractivity contribution in [3.63, 3.8) is 0 Å². The van der Waals surface area contributed by atoms with Crippen LogP contribution in [0.3, 0.4) is 0 Å². The van der Waals surface area contributed by atoms with Crippen molar-refractivity contribution in [2.24, 2.45) is 16.2 Å². The minimum absolute atomic E-state index is 0.221. The van der Waals surface area contributed by atoms with Gasteiger partial charge in [0.05, 0.1) is 13.2 Å². The molecule has 1 unspecified atom stereocenters. The summed E-state index contributed by atoms with van der Waals surface area (Å²) < 4.78 is 5.98. The quantitative estimate of drug-likeness (QED) is 0.605. The summed E-state index contributed by atoms with van der Waals surface area (Å²) in [6.07, 6.45) is 2.43. The van der Waals surface area contributed by atoms with Gasteiger partial charge in [-0.05, 0) is 36.8 Å². The van der Waals surface area contributed by atoms with E-state index in [0.717, 1.165) is 19.8 Å². The van der Waals surface area contributed by atoms with E-state index < -0.39 is 0 Å². The molecule has 2 heteroatoms. The predicted molar refractivity (Wildman–Crippen MR) is 85.6 cm³/mol. The zero-order valence-corrected chi connectivity index (χ0v) is 14.9. The number of hydrogen-bond acceptors (Lipinski definition) is 2. The van der Waals surface area contributed by atoms with Gasteiger partial charge in [0.1, 0.15) is 0 Å². The van der Waals surface area contributed by atoms with E-state index in [1.165, 1.54) is 12.8 Å². The molecule has 0 aromatic carbocycles. The molecule has 0 saturated carbocycles. The van der Waals surface area contributed by atoms with Crippen molar-refractivity contribution in [3.05, 3.63) is 0 Å². The van der Waals surface area contributed by atoms with Gasteiger partial charge in [0.25, 0.3) is 0 Å². The van der Waals surface area contributed by atoms with Crippen LogP contribution in [0.15, 0.2) is 0 Å². The molecule has 0 rings (SSSR count). The van der Waals surface area contributed by atoms with Gasteiger partial charge in [-0.25, -0.2) is 0 Å². The highest BCUT2D eigenvalue weighted by Crippen LogP contribution is 2.47. The third-order valence-electron chi connectivity index (χ3n) is 4.74. The van der Waals surface area contributed by atoms with Crippen molar-refractivity contribution in [1.82, 2.24) is 4.90 Å². The molecular formula is C17H37NO. The molecule has 116 valence electrons. The molecule has 0 aromatic heterocycles. The normalized spacial score (nSPS) is 16.7. The van der Waals surface area contributed by atoms with Gasteiger partial charge in [0.15, 0.2) is 0 Å². The molecule has 0 aliphatic heterocycles. The lowest BCUT2D eigenvalue weighted by Crippen LogP contribution is -2.41. The molecule has 0 bridgehead atoms. The van der Waals surface area contributed by atoms with Crippen molar-refractivity contribution >= 4 is 0 Å². The van der Waals surface area contributed by atoms with Gasteiger partial charge in [0, 0.05) is 6.54 Å². The molecule has 0 saturated heterocycles. The van der Waals surface area contributed by atoms with Crippen molar-refractivity contribution in [1.29, 1.82) is 0 Å². The van der Waals surface area contributed by atoms with Gasteiger partial charge in [-0.3, -0.25) is 0 Å². The molecule has 1 atom stereocenters. The Balaban J connectivity index is 4.63. The highest BCUT2D eigenvalue weighted by molar-refractivity contribution is 4.90. The molecule has 0 amide bonds.